The summed E-state index contributed by atoms with van der Waals surface area (Å²) in [4.78, 5) is 34.8. The summed E-state index contributed by atoms with van der Waals surface area (Å²) >= 11 is 0. The summed E-state index contributed by atoms with van der Waals surface area (Å²) in [6, 6.07) is 13.7. The maximum atomic E-state index is 13.9. The van der Waals surface area contributed by atoms with Gasteiger partial charge in [0, 0.05) is 25.1 Å². The molecule has 0 fully saturated rings. The Morgan fingerprint density at radius 2 is 1.92 bits per heavy atom. The average molecular weight is 520 g/mol. The normalized spacial score (nSPS) is 15.4. The van der Waals surface area contributed by atoms with Crippen molar-refractivity contribution in [3.63, 3.8) is 0 Å². The van der Waals surface area contributed by atoms with Crippen LogP contribution >= 0.6 is 10.0 Å². The van der Waals surface area contributed by atoms with Crippen LogP contribution < -0.4 is 10.2 Å². The van der Waals surface area contributed by atoms with Gasteiger partial charge in [0.25, 0.3) is 5.91 Å². The van der Waals surface area contributed by atoms with E-state index in [1.54, 1.807) is 30.6 Å². The summed E-state index contributed by atoms with van der Waals surface area (Å²) in [6.45, 7) is 4.15. The first-order valence-electron chi connectivity index (χ1n) is 12.6. The lowest BCUT2D eigenvalue weighted by molar-refractivity contribution is -0.122. The molecule has 0 saturated carbocycles. The SMILES string of the molecule is CCS(C)(C)c1ccc(N(C(=O)c2ccco2)C(C(=O)N[C@@H](C)C2=CCCC=C2)c2cccnc2)cc1.[HH]. The zero-order valence-corrected chi connectivity index (χ0v) is 22.7. The fourth-order valence-electron chi connectivity index (χ4n) is 4.33. The molecule has 3 aromatic rings. The van der Waals surface area contributed by atoms with Crippen LogP contribution in [0.1, 0.15) is 50.3 Å². The van der Waals surface area contributed by atoms with Crippen molar-refractivity contribution in [2.45, 2.75) is 43.7 Å². The summed E-state index contributed by atoms with van der Waals surface area (Å²) < 4.78 is 5.48. The van der Waals surface area contributed by atoms with E-state index in [0.29, 0.717) is 11.3 Å². The number of amides is 2. The third-order valence-electron chi connectivity index (χ3n) is 6.81. The lowest BCUT2D eigenvalue weighted by Gasteiger charge is -2.33. The van der Waals surface area contributed by atoms with Crippen molar-refractivity contribution in [1.29, 1.82) is 0 Å². The number of hydrogen-bond donors (Lipinski definition) is 1. The van der Waals surface area contributed by atoms with E-state index in [9.17, 15) is 9.59 Å². The highest BCUT2D eigenvalue weighted by Gasteiger charge is 2.35. The molecule has 1 unspecified atom stereocenters. The van der Waals surface area contributed by atoms with Crippen molar-refractivity contribution in [1.82, 2.24) is 10.3 Å². The molecule has 37 heavy (non-hydrogen) atoms. The molecule has 2 amide bonds. The van der Waals surface area contributed by atoms with E-state index in [-0.39, 0.29) is 19.1 Å². The molecule has 1 N–H and O–H groups in total. The maximum Gasteiger partial charge on any atom is 0.294 e. The van der Waals surface area contributed by atoms with Gasteiger partial charge in [-0.3, -0.25) is 19.5 Å². The fourth-order valence-corrected chi connectivity index (χ4v) is 5.54. The monoisotopic (exact) mass is 519 g/mol. The molecule has 196 valence electrons. The van der Waals surface area contributed by atoms with Crippen molar-refractivity contribution < 1.29 is 15.4 Å². The van der Waals surface area contributed by atoms with Crippen LogP contribution in [0.4, 0.5) is 5.69 Å². The van der Waals surface area contributed by atoms with Crippen LogP contribution in [0.5, 0.6) is 0 Å². The van der Waals surface area contributed by atoms with E-state index in [1.807, 2.05) is 25.1 Å². The quantitative estimate of drug-likeness (QED) is 0.349. The Morgan fingerprint density at radius 1 is 1.14 bits per heavy atom. The van der Waals surface area contributed by atoms with Gasteiger partial charge in [0.2, 0.25) is 5.91 Å². The van der Waals surface area contributed by atoms with E-state index in [1.165, 1.54) is 16.1 Å². The number of furan rings is 1. The van der Waals surface area contributed by atoms with Gasteiger partial charge in [0.1, 0.15) is 6.04 Å². The predicted molar refractivity (Wildman–Crippen MR) is 153 cm³/mol. The zero-order chi connectivity index (χ0) is 26.4. The smallest absolute Gasteiger partial charge is 0.294 e. The van der Waals surface area contributed by atoms with E-state index in [0.717, 1.165) is 24.2 Å². The predicted octanol–water partition coefficient (Wildman–Crippen LogP) is 6.53. The Bertz CT molecular complexity index is 1270. The minimum absolute atomic E-state index is 0. The van der Waals surface area contributed by atoms with Crippen molar-refractivity contribution in [3.05, 3.63) is 102 Å². The molecule has 2 aromatic heterocycles. The summed E-state index contributed by atoms with van der Waals surface area (Å²) in [5.74, 6) is 0.540. The van der Waals surface area contributed by atoms with Gasteiger partial charge in [-0.1, -0.05) is 31.2 Å². The molecule has 2 heterocycles. The number of aromatic nitrogens is 1. The highest BCUT2D eigenvalue weighted by atomic mass is 32.3. The van der Waals surface area contributed by atoms with Gasteiger partial charge in [-0.2, -0.15) is 0 Å². The molecule has 1 aliphatic carbocycles. The lowest BCUT2D eigenvalue weighted by atomic mass is 9.99. The molecule has 2 atom stereocenters. The zero-order valence-electron chi connectivity index (χ0n) is 21.9. The van der Waals surface area contributed by atoms with Gasteiger partial charge < -0.3 is 9.73 Å². The number of nitrogens with one attached hydrogen (secondary N) is 1. The van der Waals surface area contributed by atoms with Crippen LogP contribution in [0.3, 0.4) is 0 Å². The van der Waals surface area contributed by atoms with E-state index < -0.39 is 22.0 Å². The van der Waals surface area contributed by atoms with Crippen LogP contribution in [0.2, 0.25) is 0 Å². The molecule has 0 radical (unpaired) electrons. The number of pyridine rings is 1. The number of nitrogens with zero attached hydrogens (tertiary/aromatic N) is 2. The molecular weight excluding hydrogens is 482 g/mol. The lowest BCUT2D eigenvalue weighted by Crippen LogP contribution is -2.46. The molecule has 1 aromatic carbocycles. The molecule has 0 saturated heterocycles. The average Bonchev–Trinajstić information content (AvgIpc) is 3.47. The minimum Gasteiger partial charge on any atom is -0.459 e. The fraction of sp³-hybridized carbons (Fsp3) is 0.300. The van der Waals surface area contributed by atoms with Crippen molar-refractivity contribution >= 4 is 27.5 Å². The van der Waals surface area contributed by atoms with Gasteiger partial charge in [-0.25, -0.2) is 10.0 Å². The van der Waals surface area contributed by atoms with Crippen LogP contribution in [-0.4, -0.2) is 41.1 Å². The van der Waals surface area contributed by atoms with Gasteiger partial charge in [-0.05, 0) is 91.0 Å². The largest absolute Gasteiger partial charge is 0.459 e. The molecule has 0 spiro atoms. The first kappa shape index (κ1) is 26.5. The number of carbonyl (C=O) groups excluding carboxylic acids is 2. The highest BCUT2D eigenvalue weighted by Crippen LogP contribution is 2.49. The van der Waals surface area contributed by atoms with E-state index in [4.69, 9.17) is 4.42 Å². The first-order valence-corrected chi connectivity index (χ1v) is 15.2. The maximum absolute atomic E-state index is 13.9. The van der Waals surface area contributed by atoms with Crippen LogP contribution in [0, 0.1) is 0 Å². The highest BCUT2D eigenvalue weighted by molar-refractivity contribution is 8.32. The van der Waals surface area contributed by atoms with Gasteiger partial charge >= 0.3 is 0 Å². The second-order valence-corrected chi connectivity index (χ2v) is 13.7. The Balaban J connectivity index is 0.00000400. The first-order chi connectivity index (χ1) is 17.8. The molecule has 0 aliphatic heterocycles. The minimum atomic E-state index is -0.945. The van der Waals surface area contributed by atoms with Crippen LogP contribution in [0.15, 0.2) is 100 Å². The summed E-state index contributed by atoms with van der Waals surface area (Å²) in [5.41, 5.74) is 2.29. The van der Waals surface area contributed by atoms with E-state index >= 15 is 0 Å². The summed E-state index contributed by atoms with van der Waals surface area (Å²) in [7, 11) is -0.945. The number of rotatable bonds is 9. The van der Waals surface area contributed by atoms with Gasteiger partial charge in [-0.15, -0.1) is 0 Å². The summed E-state index contributed by atoms with van der Waals surface area (Å²) in [5, 5.41) is 3.14. The van der Waals surface area contributed by atoms with Crippen molar-refractivity contribution in [3.8, 4) is 0 Å². The molecule has 0 bridgehead atoms. The third kappa shape index (κ3) is 6.05. The summed E-state index contributed by atoms with van der Waals surface area (Å²) in [6.07, 6.45) is 17.6. The number of hydrogen-bond acceptors (Lipinski definition) is 4. The standard InChI is InChI=1S/C30H35N3O3S.H2/c1-5-37(3,4)26-17-15-25(16-18-26)33(30(35)27-14-10-20-36-27)28(24-13-9-19-31-21-24)29(34)32-22(2)23-11-7-6-8-12-23;/h7,9-22,28H,5-6,8H2,1-4H3,(H,32,34);1H/t22-,28?;/m0./s1. The number of anilines is 1. The Morgan fingerprint density at radius 3 is 2.51 bits per heavy atom. The van der Waals surface area contributed by atoms with E-state index in [2.05, 4.69) is 60.1 Å². The van der Waals surface area contributed by atoms with Gasteiger partial charge in [0.15, 0.2) is 5.76 Å². The molecule has 6 nitrogen and oxygen atoms in total. The number of allylic oxidation sites excluding steroid dienone is 2. The van der Waals surface area contributed by atoms with Crippen molar-refractivity contribution in [2.24, 2.45) is 0 Å². The second kappa shape index (κ2) is 11.6. The van der Waals surface area contributed by atoms with Crippen molar-refractivity contribution in [2.75, 3.05) is 23.2 Å². The van der Waals surface area contributed by atoms with Crippen LogP contribution in [0.25, 0.3) is 0 Å². The Hall–Kier alpha value is -3.58. The third-order valence-corrected chi connectivity index (χ3v) is 9.81. The number of carbonyl (C=O) groups is 2. The molecule has 7 heteroatoms. The molecule has 4 rings (SSSR count). The second-order valence-electron chi connectivity index (χ2n) is 9.58. The van der Waals surface area contributed by atoms with Gasteiger partial charge in [0.05, 0.1) is 12.3 Å². The Kier molecular flexibility index (Phi) is 8.34. The molecule has 1 aliphatic rings. The Labute approximate surface area is 222 Å². The molecular formula is C30H37N3O3S. The topological polar surface area (TPSA) is 75.4 Å². The van der Waals surface area contributed by atoms with Crippen LogP contribution in [-0.2, 0) is 4.79 Å². The number of benzene rings is 1.